The van der Waals surface area contributed by atoms with Gasteiger partial charge in [-0.3, -0.25) is 4.68 Å². The van der Waals surface area contributed by atoms with Gasteiger partial charge in [0.15, 0.2) is 0 Å². The summed E-state index contributed by atoms with van der Waals surface area (Å²) in [6.45, 7) is 2.89. The van der Waals surface area contributed by atoms with E-state index >= 15 is 0 Å². The van der Waals surface area contributed by atoms with E-state index < -0.39 is 6.10 Å². The molecule has 0 bridgehead atoms. The number of ether oxygens (including phenoxy) is 1. The number of hydrogen-bond acceptors (Lipinski definition) is 3. The molecule has 1 atom stereocenters. The summed E-state index contributed by atoms with van der Waals surface area (Å²) in [5.74, 6) is 0.867. The van der Waals surface area contributed by atoms with Gasteiger partial charge >= 0.3 is 0 Å². The van der Waals surface area contributed by atoms with Crippen molar-refractivity contribution in [3.63, 3.8) is 0 Å². The van der Waals surface area contributed by atoms with E-state index in [4.69, 9.17) is 4.74 Å². The molecule has 0 radical (unpaired) electrons. The molecule has 0 saturated carbocycles. The highest BCUT2D eigenvalue weighted by molar-refractivity contribution is 5.28. The van der Waals surface area contributed by atoms with Crippen LogP contribution >= 0.6 is 0 Å². The van der Waals surface area contributed by atoms with Gasteiger partial charge < -0.3 is 9.84 Å². The molecule has 0 aliphatic carbocycles. The smallest absolute Gasteiger partial charge is 0.119 e. The molecular formula is C17H24N2O2. The molecule has 114 valence electrons. The zero-order valence-corrected chi connectivity index (χ0v) is 12.8. The maximum atomic E-state index is 10.2. The summed E-state index contributed by atoms with van der Waals surface area (Å²) in [4.78, 5) is 0. The van der Waals surface area contributed by atoms with E-state index in [1.165, 1.54) is 0 Å². The first kappa shape index (κ1) is 15.6. The van der Waals surface area contributed by atoms with Gasteiger partial charge in [-0.15, -0.1) is 0 Å². The minimum absolute atomic E-state index is 0.454. The fraction of sp³-hybridized carbons (Fsp3) is 0.471. The molecule has 21 heavy (non-hydrogen) atoms. The Morgan fingerprint density at radius 1 is 1.24 bits per heavy atom. The fourth-order valence-corrected chi connectivity index (χ4v) is 2.22. The van der Waals surface area contributed by atoms with Gasteiger partial charge in [0, 0.05) is 18.9 Å². The van der Waals surface area contributed by atoms with Crippen molar-refractivity contribution in [2.24, 2.45) is 7.05 Å². The van der Waals surface area contributed by atoms with E-state index in [2.05, 4.69) is 12.0 Å². The van der Waals surface area contributed by atoms with Crippen LogP contribution in [0.15, 0.2) is 36.5 Å². The van der Waals surface area contributed by atoms with Crippen molar-refractivity contribution in [1.82, 2.24) is 9.78 Å². The van der Waals surface area contributed by atoms with Crippen molar-refractivity contribution >= 4 is 0 Å². The number of rotatable bonds is 8. The van der Waals surface area contributed by atoms with Crippen LogP contribution in [0.5, 0.6) is 5.75 Å². The van der Waals surface area contributed by atoms with Crippen LogP contribution in [0, 0.1) is 0 Å². The number of aliphatic hydroxyl groups is 1. The van der Waals surface area contributed by atoms with E-state index in [-0.39, 0.29) is 0 Å². The Hall–Kier alpha value is -1.81. The highest BCUT2D eigenvalue weighted by Gasteiger charge is 2.09. The van der Waals surface area contributed by atoms with Crippen LogP contribution < -0.4 is 4.74 Å². The van der Waals surface area contributed by atoms with Crippen LogP contribution in [0.2, 0.25) is 0 Å². The van der Waals surface area contributed by atoms with Crippen molar-refractivity contribution in [2.45, 2.75) is 38.7 Å². The third kappa shape index (κ3) is 4.60. The SMILES string of the molecule is CCCCOc1ccc(C(O)CCc2ccnn2C)cc1. The van der Waals surface area contributed by atoms with Crippen LogP contribution in [-0.2, 0) is 13.5 Å². The van der Waals surface area contributed by atoms with Gasteiger partial charge in [-0.2, -0.15) is 5.10 Å². The molecule has 2 rings (SSSR count). The summed E-state index contributed by atoms with van der Waals surface area (Å²) in [5, 5.41) is 14.4. The Morgan fingerprint density at radius 2 is 2.00 bits per heavy atom. The molecule has 2 aromatic rings. The summed E-state index contributed by atoms with van der Waals surface area (Å²) in [7, 11) is 1.92. The van der Waals surface area contributed by atoms with Crippen LogP contribution in [0.1, 0.15) is 43.5 Å². The maximum Gasteiger partial charge on any atom is 0.119 e. The van der Waals surface area contributed by atoms with Crippen LogP contribution in [0.25, 0.3) is 0 Å². The monoisotopic (exact) mass is 288 g/mol. The molecule has 4 heteroatoms. The summed E-state index contributed by atoms with van der Waals surface area (Å²) in [5.41, 5.74) is 2.06. The second kappa shape index (κ2) is 7.84. The summed E-state index contributed by atoms with van der Waals surface area (Å²) < 4.78 is 7.47. The molecule has 4 nitrogen and oxygen atoms in total. The zero-order valence-electron chi connectivity index (χ0n) is 12.8. The lowest BCUT2D eigenvalue weighted by molar-refractivity contribution is 0.167. The Bertz CT molecular complexity index is 534. The van der Waals surface area contributed by atoms with Gasteiger partial charge in [-0.05, 0) is 43.0 Å². The lowest BCUT2D eigenvalue weighted by Gasteiger charge is -2.12. The molecule has 0 amide bonds. The summed E-state index contributed by atoms with van der Waals surface area (Å²) >= 11 is 0. The molecule has 0 spiro atoms. The minimum atomic E-state index is -0.454. The zero-order chi connectivity index (χ0) is 15.1. The standard InChI is InChI=1S/C17H24N2O2/c1-3-4-13-21-16-8-5-14(6-9-16)17(20)10-7-15-11-12-18-19(15)2/h5-6,8-9,11-12,17,20H,3-4,7,10,13H2,1-2H3. The molecule has 0 aliphatic heterocycles. The molecule has 1 heterocycles. The Morgan fingerprint density at radius 3 is 2.62 bits per heavy atom. The molecule has 0 fully saturated rings. The second-order valence-corrected chi connectivity index (χ2v) is 5.27. The second-order valence-electron chi connectivity index (χ2n) is 5.27. The predicted molar refractivity (Wildman–Crippen MR) is 83.3 cm³/mol. The normalized spacial score (nSPS) is 12.3. The summed E-state index contributed by atoms with van der Waals surface area (Å²) in [6.07, 6.45) is 5.02. The first-order chi connectivity index (χ1) is 10.2. The lowest BCUT2D eigenvalue weighted by Crippen LogP contribution is -2.03. The topological polar surface area (TPSA) is 47.3 Å². The fourth-order valence-electron chi connectivity index (χ4n) is 2.22. The van der Waals surface area contributed by atoms with E-state index in [1.54, 1.807) is 6.20 Å². The van der Waals surface area contributed by atoms with Crippen LogP contribution in [0.3, 0.4) is 0 Å². The number of hydrogen-bond donors (Lipinski definition) is 1. The van der Waals surface area contributed by atoms with Crippen LogP contribution in [-0.4, -0.2) is 21.5 Å². The lowest BCUT2D eigenvalue weighted by atomic mass is 10.0. The van der Waals surface area contributed by atoms with E-state index in [0.29, 0.717) is 6.42 Å². The number of nitrogens with zero attached hydrogens (tertiary/aromatic N) is 2. The minimum Gasteiger partial charge on any atom is -0.494 e. The molecular weight excluding hydrogens is 264 g/mol. The first-order valence-corrected chi connectivity index (χ1v) is 7.58. The number of benzene rings is 1. The van der Waals surface area contributed by atoms with Gasteiger partial charge in [0.2, 0.25) is 0 Å². The highest BCUT2D eigenvalue weighted by Crippen LogP contribution is 2.21. The van der Waals surface area contributed by atoms with E-state index in [9.17, 15) is 5.11 Å². The van der Waals surface area contributed by atoms with Crippen molar-refractivity contribution in [1.29, 1.82) is 0 Å². The Balaban J connectivity index is 1.84. The molecule has 0 saturated heterocycles. The van der Waals surface area contributed by atoms with E-state index in [0.717, 1.165) is 42.9 Å². The third-order valence-corrected chi connectivity index (χ3v) is 3.63. The van der Waals surface area contributed by atoms with Crippen molar-refractivity contribution in [3.05, 3.63) is 47.8 Å². The quantitative estimate of drug-likeness (QED) is 0.758. The van der Waals surface area contributed by atoms with E-state index in [1.807, 2.05) is 42.1 Å². The summed E-state index contributed by atoms with van der Waals surface area (Å²) in [6, 6.07) is 9.72. The maximum absolute atomic E-state index is 10.2. The van der Waals surface area contributed by atoms with Gasteiger partial charge in [0.1, 0.15) is 5.75 Å². The van der Waals surface area contributed by atoms with Crippen molar-refractivity contribution in [3.8, 4) is 5.75 Å². The third-order valence-electron chi connectivity index (χ3n) is 3.63. The Kier molecular flexibility index (Phi) is 5.81. The van der Waals surface area contributed by atoms with Crippen LogP contribution in [0.4, 0.5) is 0 Å². The average molecular weight is 288 g/mol. The molecule has 1 unspecified atom stereocenters. The predicted octanol–water partition coefficient (Wildman–Crippen LogP) is 3.27. The van der Waals surface area contributed by atoms with Crippen molar-refractivity contribution in [2.75, 3.05) is 6.61 Å². The molecule has 1 N–H and O–H groups in total. The number of aryl methyl sites for hydroxylation is 2. The largest absolute Gasteiger partial charge is 0.494 e. The molecule has 1 aromatic carbocycles. The van der Waals surface area contributed by atoms with Gasteiger partial charge in [-0.25, -0.2) is 0 Å². The highest BCUT2D eigenvalue weighted by atomic mass is 16.5. The average Bonchev–Trinajstić information content (AvgIpc) is 2.91. The molecule has 1 aromatic heterocycles. The van der Waals surface area contributed by atoms with Gasteiger partial charge in [0.05, 0.1) is 12.7 Å². The van der Waals surface area contributed by atoms with Gasteiger partial charge in [-0.1, -0.05) is 25.5 Å². The number of unbranched alkanes of at least 4 members (excludes halogenated alkanes) is 1. The molecule has 0 aliphatic rings. The van der Waals surface area contributed by atoms with Crippen molar-refractivity contribution < 1.29 is 9.84 Å². The van der Waals surface area contributed by atoms with Gasteiger partial charge in [0.25, 0.3) is 0 Å². The number of aliphatic hydroxyl groups excluding tert-OH is 1. The Labute approximate surface area is 126 Å². The number of aromatic nitrogens is 2. The first-order valence-electron chi connectivity index (χ1n) is 7.58.